The molecule has 0 radical (unpaired) electrons. The lowest BCUT2D eigenvalue weighted by molar-refractivity contribution is 0.330. The summed E-state index contributed by atoms with van der Waals surface area (Å²) in [6, 6.07) is 6.06. The van der Waals surface area contributed by atoms with Gasteiger partial charge in [0.05, 0.1) is 17.9 Å². The van der Waals surface area contributed by atoms with Crippen molar-refractivity contribution >= 4 is 5.95 Å². The summed E-state index contributed by atoms with van der Waals surface area (Å²) in [4.78, 5) is 4.42. The van der Waals surface area contributed by atoms with Crippen LogP contribution in [0, 0.1) is 5.82 Å². The second-order valence-electron chi connectivity index (χ2n) is 4.47. The zero-order valence-electron chi connectivity index (χ0n) is 12.3. The number of halogens is 1. The number of nitrogens with zero attached hydrogens (tertiary/aromatic N) is 3. The van der Waals surface area contributed by atoms with E-state index in [0.29, 0.717) is 24.8 Å². The van der Waals surface area contributed by atoms with Gasteiger partial charge in [0.15, 0.2) is 0 Å². The summed E-state index contributed by atoms with van der Waals surface area (Å²) in [5, 5.41) is 11.2. The minimum Gasteiger partial charge on any atom is -0.492 e. The maximum Gasteiger partial charge on any atom is 0.243 e. The number of anilines is 1. The van der Waals surface area contributed by atoms with Crippen molar-refractivity contribution in [1.82, 2.24) is 15.2 Å². The molecule has 5 nitrogen and oxygen atoms in total. The van der Waals surface area contributed by atoms with E-state index in [1.54, 1.807) is 12.1 Å². The molecule has 1 N–H and O–H groups in total. The summed E-state index contributed by atoms with van der Waals surface area (Å²) in [5.74, 6) is 0.689. The SMILES string of the molecule is CCc1nnc(NCCOc2cccc(F)c2)nc1CC. The van der Waals surface area contributed by atoms with Gasteiger partial charge in [0, 0.05) is 6.07 Å². The minimum atomic E-state index is -0.310. The molecule has 21 heavy (non-hydrogen) atoms. The molecule has 0 fully saturated rings. The zero-order valence-corrected chi connectivity index (χ0v) is 12.3. The molecule has 6 heteroatoms. The van der Waals surface area contributed by atoms with Crippen molar-refractivity contribution in [2.75, 3.05) is 18.5 Å². The third-order valence-corrected chi connectivity index (χ3v) is 2.96. The first-order valence-corrected chi connectivity index (χ1v) is 7.07. The molecule has 2 rings (SSSR count). The minimum absolute atomic E-state index is 0.310. The van der Waals surface area contributed by atoms with E-state index in [1.807, 2.05) is 13.8 Å². The fourth-order valence-electron chi connectivity index (χ4n) is 1.90. The number of nitrogens with one attached hydrogen (secondary N) is 1. The molecule has 1 heterocycles. The van der Waals surface area contributed by atoms with Crippen LogP contribution < -0.4 is 10.1 Å². The Morgan fingerprint density at radius 2 is 1.95 bits per heavy atom. The van der Waals surface area contributed by atoms with E-state index in [-0.39, 0.29) is 5.82 Å². The molecule has 0 saturated heterocycles. The standard InChI is InChI=1S/C15H19FN4O/c1-3-13-14(4-2)19-20-15(18-13)17-8-9-21-12-7-5-6-11(16)10-12/h5-7,10H,3-4,8-9H2,1-2H3,(H,17,18,20). The van der Waals surface area contributed by atoms with Gasteiger partial charge in [-0.15, -0.1) is 5.10 Å². The number of aryl methyl sites for hydroxylation is 2. The monoisotopic (exact) mass is 290 g/mol. The largest absolute Gasteiger partial charge is 0.492 e. The van der Waals surface area contributed by atoms with Gasteiger partial charge < -0.3 is 10.1 Å². The summed E-state index contributed by atoms with van der Waals surface area (Å²) < 4.78 is 18.4. The molecule has 1 aromatic heterocycles. The van der Waals surface area contributed by atoms with Gasteiger partial charge in [0.2, 0.25) is 5.95 Å². The van der Waals surface area contributed by atoms with Crippen LogP contribution in [-0.2, 0) is 12.8 Å². The van der Waals surface area contributed by atoms with E-state index in [0.717, 1.165) is 24.2 Å². The summed E-state index contributed by atoms with van der Waals surface area (Å²) in [6.07, 6.45) is 1.65. The van der Waals surface area contributed by atoms with Crippen LogP contribution in [0.2, 0.25) is 0 Å². The summed E-state index contributed by atoms with van der Waals surface area (Å²) in [5.41, 5.74) is 1.89. The number of hydrogen-bond acceptors (Lipinski definition) is 5. The number of ether oxygens (including phenoxy) is 1. The average molecular weight is 290 g/mol. The van der Waals surface area contributed by atoms with Crippen molar-refractivity contribution in [2.45, 2.75) is 26.7 Å². The van der Waals surface area contributed by atoms with E-state index in [1.165, 1.54) is 12.1 Å². The second-order valence-corrected chi connectivity index (χ2v) is 4.47. The van der Waals surface area contributed by atoms with E-state index >= 15 is 0 Å². The molecule has 1 aromatic carbocycles. The molecule has 0 amide bonds. The van der Waals surface area contributed by atoms with Gasteiger partial charge in [-0.2, -0.15) is 5.10 Å². The zero-order chi connectivity index (χ0) is 15.1. The first-order valence-electron chi connectivity index (χ1n) is 7.07. The normalized spacial score (nSPS) is 10.4. The topological polar surface area (TPSA) is 59.9 Å². The fraction of sp³-hybridized carbons (Fsp3) is 0.400. The van der Waals surface area contributed by atoms with Crippen LogP contribution in [-0.4, -0.2) is 28.3 Å². The lowest BCUT2D eigenvalue weighted by Gasteiger charge is -2.09. The van der Waals surface area contributed by atoms with Gasteiger partial charge in [-0.1, -0.05) is 19.9 Å². The molecular formula is C15H19FN4O. The van der Waals surface area contributed by atoms with Crippen molar-refractivity contribution < 1.29 is 9.13 Å². The highest BCUT2D eigenvalue weighted by molar-refractivity contribution is 5.26. The Morgan fingerprint density at radius 1 is 1.14 bits per heavy atom. The van der Waals surface area contributed by atoms with Gasteiger partial charge in [0.25, 0.3) is 0 Å². The fourth-order valence-corrected chi connectivity index (χ4v) is 1.90. The average Bonchev–Trinajstić information content (AvgIpc) is 2.51. The Balaban J connectivity index is 1.83. The molecule has 0 saturated carbocycles. The van der Waals surface area contributed by atoms with Gasteiger partial charge in [0.1, 0.15) is 18.2 Å². The third-order valence-electron chi connectivity index (χ3n) is 2.96. The van der Waals surface area contributed by atoms with E-state index in [9.17, 15) is 4.39 Å². The lowest BCUT2D eigenvalue weighted by atomic mass is 10.2. The predicted octanol–water partition coefficient (Wildman–Crippen LogP) is 2.63. The molecule has 2 aromatic rings. The first kappa shape index (κ1) is 15.2. The quantitative estimate of drug-likeness (QED) is 0.794. The highest BCUT2D eigenvalue weighted by atomic mass is 19.1. The number of aromatic nitrogens is 3. The Hall–Kier alpha value is -2.24. The molecule has 0 aliphatic rings. The van der Waals surface area contributed by atoms with Crippen LogP contribution in [0.15, 0.2) is 24.3 Å². The first-order chi connectivity index (χ1) is 10.2. The van der Waals surface area contributed by atoms with Crippen molar-refractivity contribution in [3.8, 4) is 5.75 Å². The third kappa shape index (κ3) is 4.37. The van der Waals surface area contributed by atoms with Gasteiger partial charge >= 0.3 is 0 Å². The molecule has 0 unspecified atom stereocenters. The maximum absolute atomic E-state index is 13.0. The van der Waals surface area contributed by atoms with Crippen LogP contribution in [0.3, 0.4) is 0 Å². The molecule has 0 aliphatic heterocycles. The summed E-state index contributed by atoms with van der Waals surface area (Å²) in [7, 11) is 0. The molecular weight excluding hydrogens is 271 g/mol. The van der Waals surface area contributed by atoms with Gasteiger partial charge in [-0.25, -0.2) is 9.37 Å². The van der Waals surface area contributed by atoms with E-state index in [2.05, 4.69) is 20.5 Å². The van der Waals surface area contributed by atoms with Crippen molar-refractivity contribution in [2.24, 2.45) is 0 Å². The Bertz CT molecular complexity index is 592. The lowest BCUT2D eigenvalue weighted by Crippen LogP contribution is -2.15. The number of rotatable bonds is 7. The predicted molar refractivity (Wildman–Crippen MR) is 79.0 cm³/mol. The van der Waals surface area contributed by atoms with Gasteiger partial charge in [-0.05, 0) is 25.0 Å². The van der Waals surface area contributed by atoms with Crippen LogP contribution >= 0.6 is 0 Å². The molecule has 112 valence electrons. The highest BCUT2D eigenvalue weighted by Gasteiger charge is 2.05. The van der Waals surface area contributed by atoms with Crippen molar-refractivity contribution in [1.29, 1.82) is 0 Å². The van der Waals surface area contributed by atoms with E-state index < -0.39 is 0 Å². The van der Waals surface area contributed by atoms with E-state index in [4.69, 9.17) is 4.74 Å². The second kappa shape index (κ2) is 7.52. The van der Waals surface area contributed by atoms with Crippen LogP contribution in [0.25, 0.3) is 0 Å². The molecule has 0 atom stereocenters. The van der Waals surface area contributed by atoms with Crippen LogP contribution in [0.4, 0.5) is 10.3 Å². The molecule has 0 bridgehead atoms. The smallest absolute Gasteiger partial charge is 0.243 e. The van der Waals surface area contributed by atoms with Crippen molar-refractivity contribution in [3.05, 3.63) is 41.5 Å². The molecule has 0 aliphatic carbocycles. The maximum atomic E-state index is 13.0. The van der Waals surface area contributed by atoms with Crippen LogP contribution in [0.5, 0.6) is 5.75 Å². The molecule has 0 spiro atoms. The summed E-state index contributed by atoms with van der Waals surface area (Å²) in [6.45, 7) is 4.99. The number of hydrogen-bond donors (Lipinski definition) is 1. The van der Waals surface area contributed by atoms with Crippen LogP contribution in [0.1, 0.15) is 25.2 Å². The Labute approximate surface area is 123 Å². The van der Waals surface area contributed by atoms with Gasteiger partial charge in [-0.3, -0.25) is 0 Å². The Morgan fingerprint density at radius 3 is 2.67 bits per heavy atom. The van der Waals surface area contributed by atoms with Crippen molar-refractivity contribution in [3.63, 3.8) is 0 Å². The number of benzene rings is 1. The summed E-state index contributed by atoms with van der Waals surface area (Å²) >= 11 is 0. The highest BCUT2D eigenvalue weighted by Crippen LogP contribution is 2.11. The Kier molecular flexibility index (Phi) is 5.43.